The van der Waals surface area contributed by atoms with Gasteiger partial charge in [0.25, 0.3) is 5.91 Å². The summed E-state index contributed by atoms with van der Waals surface area (Å²) in [4.78, 5) is 15.6. The summed E-state index contributed by atoms with van der Waals surface area (Å²) in [6.07, 6.45) is -3.10. The largest absolute Gasteiger partial charge is 0.416 e. The van der Waals surface area contributed by atoms with Crippen LogP contribution in [0, 0.1) is 5.82 Å². The zero-order chi connectivity index (χ0) is 14.8. The van der Waals surface area contributed by atoms with Crippen LogP contribution in [-0.4, -0.2) is 10.9 Å². The van der Waals surface area contributed by atoms with E-state index in [1.807, 2.05) is 0 Å². The monoisotopic (exact) mass is 304 g/mol. The summed E-state index contributed by atoms with van der Waals surface area (Å²) in [7, 11) is 0. The molecule has 1 heterocycles. The molecule has 0 spiro atoms. The van der Waals surface area contributed by atoms with Gasteiger partial charge in [-0.3, -0.25) is 4.79 Å². The predicted molar refractivity (Wildman–Crippen MR) is 64.7 cm³/mol. The van der Waals surface area contributed by atoms with Gasteiger partial charge in [-0.05, 0) is 18.2 Å². The van der Waals surface area contributed by atoms with Crippen molar-refractivity contribution in [2.45, 2.75) is 12.7 Å². The van der Waals surface area contributed by atoms with Crippen molar-refractivity contribution in [1.82, 2.24) is 10.3 Å². The number of carbonyl (C=O) groups is 1. The number of carbonyl (C=O) groups excluding carboxylic acids is 1. The maximum atomic E-state index is 13.4. The van der Waals surface area contributed by atoms with E-state index in [9.17, 15) is 22.4 Å². The lowest BCUT2D eigenvalue weighted by molar-refractivity contribution is -0.137. The maximum Gasteiger partial charge on any atom is 0.416 e. The third-order valence-electron chi connectivity index (χ3n) is 2.42. The summed E-state index contributed by atoms with van der Waals surface area (Å²) in [5, 5.41) is 4.58. The lowest BCUT2D eigenvalue weighted by atomic mass is 10.1. The molecule has 2 aromatic rings. The van der Waals surface area contributed by atoms with Crippen LogP contribution in [0.2, 0.25) is 0 Å². The summed E-state index contributed by atoms with van der Waals surface area (Å²) < 4.78 is 51.0. The first-order valence-corrected chi connectivity index (χ1v) is 6.29. The Morgan fingerprint density at radius 3 is 2.70 bits per heavy atom. The van der Waals surface area contributed by atoms with Gasteiger partial charge in [0.15, 0.2) is 0 Å². The van der Waals surface area contributed by atoms with Gasteiger partial charge < -0.3 is 5.32 Å². The highest BCUT2D eigenvalue weighted by Gasteiger charge is 2.31. The summed E-state index contributed by atoms with van der Waals surface area (Å²) in [6, 6.07) is 1.71. The van der Waals surface area contributed by atoms with Crippen LogP contribution in [0.25, 0.3) is 0 Å². The fraction of sp³-hybridized carbons (Fsp3) is 0.167. The summed E-state index contributed by atoms with van der Waals surface area (Å²) in [6.45, 7) is 0.0339. The van der Waals surface area contributed by atoms with E-state index in [1.54, 1.807) is 5.38 Å². The van der Waals surface area contributed by atoms with Crippen molar-refractivity contribution in [2.24, 2.45) is 0 Å². The number of nitrogens with one attached hydrogen (secondary N) is 1. The van der Waals surface area contributed by atoms with Crippen LogP contribution >= 0.6 is 11.3 Å². The molecule has 0 aliphatic carbocycles. The third kappa shape index (κ3) is 3.32. The Labute approximate surface area is 115 Å². The zero-order valence-corrected chi connectivity index (χ0v) is 10.7. The molecule has 0 aliphatic rings. The predicted octanol–water partition coefficient (Wildman–Crippen LogP) is 3.23. The Balaban J connectivity index is 2.16. The van der Waals surface area contributed by atoms with Gasteiger partial charge in [0.1, 0.15) is 10.8 Å². The molecule has 0 bridgehead atoms. The van der Waals surface area contributed by atoms with Gasteiger partial charge in [0.05, 0.1) is 17.7 Å². The number of halogens is 4. The quantitative estimate of drug-likeness (QED) is 0.885. The first-order chi connectivity index (χ1) is 9.38. The van der Waals surface area contributed by atoms with Gasteiger partial charge in [-0.25, -0.2) is 9.37 Å². The number of alkyl halides is 3. The minimum absolute atomic E-state index is 0.0339. The zero-order valence-electron chi connectivity index (χ0n) is 9.87. The van der Waals surface area contributed by atoms with E-state index in [2.05, 4.69) is 10.3 Å². The minimum atomic E-state index is -4.63. The number of benzene rings is 1. The molecule has 0 aliphatic heterocycles. The molecule has 0 saturated heterocycles. The van der Waals surface area contributed by atoms with Crippen molar-refractivity contribution in [3.05, 3.63) is 51.7 Å². The molecule has 3 nitrogen and oxygen atoms in total. The van der Waals surface area contributed by atoms with Crippen molar-refractivity contribution < 1.29 is 22.4 Å². The van der Waals surface area contributed by atoms with Gasteiger partial charge in [-0.2, -0.15) is 13.2 Å². The molecule has 1 aromatic carbocycles. The fourth-order valence-electron chi connectivity index (χ4n) is 1.47. The SMILES string of the molecule is O=C(NCc1nccs1)c1cc(C(F)(F)F)ccc1F. The number of hydrogen-bond acceptors (Lipinski definition) is 3. The smallest absolute Gasteiger partial charge is 0.345 e. The van der Waals surface area contributed by atoms with Crippen LogP contribution in [0.4, 0.5) is 17.6 Å². The Bertz CT molecular complexity index is 610. The Hall–Kier alpha value is -1.96. The maximum absolute atomic E-state index is 13.4. The van der Waals surface area contributed by atoms with Crippen LogP contribution in [0.15, 0.2) is 29.8 Å². The topological polar surface area (TPSA) is 42.0 Å². The van der Waals surface area contributed by atoms with E-state index in [0.29, 0.717) is 23.2 Å². The third-order valence-corrected chi connectivity index (χ3v) is 3.20. The molecule has 20 heavy (non-hydrogen) atoms. The molecule has 0 atom stereocenters. The van der Waals surface area contributed by atoms with Gasteiger partial charge in [0, 0.05) is 11.6 Å². The second-order valence-electron chi connectivity index (χ2n) is 3.80. The molecule has 106 valence electrons. The Morgan fingerprint density at radius 1 is 1.35 bits per heavy atom. The average Bonchev–Trinajstić information content (AvgIpc) is 2.88. The van der Waals surface area contributed by atoms with Crippen LogP contribution in [-0.2, 0) is 12.7 Å². The Morgan fingerprint density at radius 2 is 2.10 bits per heavy atom. The molecule has 0 saturated carbocycles. The number of amides is 1. The van der Waals surface area contributed by atoms with Gasteiger partial charge in [-0.15, -0.1) is 11.3 Å². The van der Waals surface area contributed by atoms with Crippen molar-refractivity contribution >= 4 is 17.2 Å². The Kier molecular flexibility index (Phi) is 4.03. The molecule has 0 fully saturated rings. The van der Waals surface area contributed by atoms with Crippen molar-refractivity contribution in [1.29, 1.82) is 0 Å². The number of hydrogen-bond donors (Lipinski definition) is 1. The molecule has 0 unspecified atom stereocenters. The number of rotatable bonds is 3. The van der Waals surface area contributed by atoms with Crippen LogP contribution < -0.4 is 5.32 Å². The highest BCUT2D eigenvalue weighted by molar-refractivity contribution is 7.09. The lowest BCUT2D eigenvalue weighted by Gasteiger charge is -2.09. The number of thiazole rings is 1. The van der Waals surface area contributed by atoms with E-state index in [4.69, 9.17) is 0 Å². The standard InChI is InChI=1S/C12H8F4N2OS/c13-9-2-1-7(12(14,15)16)5-8(9)11(19)18-6-10-17-3-4-20-10/h1-5H,6H2,(H,18,19). The van der Waals surface area contributed by atoms with E-state index in [-0.39, 0.29) is 6.54 Å². The summed E-state index contributed by atoms with van der Waals surface area (Å²) >= 11 is 1.27. The van der Waals surface area contributed by atoms with Crippen molar-refractivity contribution in [3.63, 3.8) is 0 Å². The highest BCUT2D eigenvalue weighted by Crippen LogP contribution is 2.30. The average molecular weight is 304 g/mol. The van der Waals surface area contributed by atoms with Crippen molar-refractivity contribution in [3.8, 4) is 0 Å². The van der Waals surface area contributed by atoms with Crippen LogP contribution in [0.5, 0.6) is 0 Å². The van der Waals surface area contributed by atoms with E-state index < -0.39 is 29.0 Å². The van der Waals surface area contributed by atoms with Gasteiger partial charge in [0.2, 0.25) is 0 Å². The second kappa shape index (κ2) is 5.58. The van der Waals surface area contributed by atoms with E-state index in [1.165, 1.54) is 17.5 Å². The van der Waals surface area contributed by atoms with Crippen LogP contribution in [0.3, 0.4) is 0 Å². The number of nitrogens with zero attached hydrogens (tertiary/aromatic N) is 1. The van der Waals surface area contributed by atoms with Crippen LogP contribution in [0.1, 0.15) is 20.9 Å². The molecular weight excluding hydrogens is 296 g/mol. The molecule has 1 amide bonds. The lowest BCUT2D eigenvalue weighted by Crippen LogP contribution is -2.24. The molecular formula is C12H8F4N2OS. The normalized spacial score (nSPS) is 11.4. The van der Waals surface area contributed by atoms with Crippen molar-refractivity contribution in [2.75, 3.05) is 0 Å². The molecule has 2 rings (SSSR count). The molecule has 0 radical (unpaired) electrons. The van der Waals surface area contributed by atoms with E-state index >= 15 is 0 Å². The summed E-state index contributed by atoms with van der Waals surface area (Å²) in [5.41, 5.74) is -1.71. The highest BCUT2D eigenvalue weighted by atomic mass is 32.1. The second-order valence-corrected chi connectivity index (χ2v) is 4.78. The first kappa shape index (κ1) is 14.4. The van der Waals surface area contributed by atoms with Gasteiger partial charge >= 0.3 is 6.18 Å². The molecule has 1 aromatic heterocycles. The van der Waals surface area contributed by atoms with Gasteiger partial charge in [-0.1, -0.05) is 0 Å². The molecule has 8 heteroatoms. The first-order valence-electron chi connectivity index (χ1n) is 5.41. The van der Waals surface area contributed by atoms with E-state index in [0.717, 1.165) is 0 Å². The fourth-order valence-corrected chi connectivity index (χ4v) is 2.02. The molecule has 1 N–H and O–H groups in total. The number of aromatic nitrogens is 1. The summed E-state index contributed by atoms with van der Waals surface area (Å²) in [5.74, 6) is -1.92. The minimum Gasteiger partial charge on any atom is -0.345 e.